The minimum atomic E-state index is 0.710. The Balaban J connectivity index is 2.19. The average Bonchev–Trinajstić information content (AvgIpc) is 2.82. The van der Waals surface area contributed by atoms with Gasteiger partial charge in [0, 0.05) is 16.2 Å². The van der Waals surface area contributed by atoms with Crippen molar-refractivity contribution in [1.82, 2.24) is 15.0 Å². The summed E-state index contributed by atoms with van der Waals surface area (Å²) in [5.41, 5.74) is 2.58. The molecule has 0 fully saturated rings. The molecule has 0 spiro atoms. The van der Waals surface area contributed by atoms with Crippen molar-refractivity contribution in [2.75, 3.05) is 7.11 Å². The van der Waals surface area contributed by atoms with Gasteiger partial charge in [-0.2, -0.15) is 0 Å². The molecular weight excluding hydrogens is 294 g/mol. The van der Waals surface area contributed by atoms with Gasteiger partial charge < -0.3 is 9.72 Å². The summed E-state index contributed by atoms with van der Waals surface area (Å²) in [6, 6.07) is 9.60. The highest BCUT2D eigenvalue weighted by molar-refractivity contribution is 9.10. The topological polar surface area (TPSA) is 50.8 Å². The van der Waals surface area contributed by atoms with Crippen molar-refractivity contribution in [1.29, 1.82) is 0 Å². The summed E-state index contributed by atoms with van der Waals surface area (Å²) >= 11 is 3.52. The van der Waals surface area contributed by atoms with Gasteiger partial charge in [0.2, 0.25) is 0 Å². The first-order chi connectivity index (χ1) is 8.78. The van der Waals surface area contributed by atoms with Crippen LogP contribution >= 0.6 is 15.9 Å². The predicted octanol–water partition coefficient (Wildman–Crippen LogP) is 3.40. The standard InChI is InChI=1S/C13H10BrN3O/c1-18-8-4-5-10(14)9(7-8)12-16-11-3-2-6-15-13(11)17-12/h2-7H,1H3,(H,15,16,17). The number of aromatic amines is 1. The van der Waals surface area contributed by atoms with Crippen LogP contribution in [0.4, 0.5) is 0 Å². The van der Waals surface area contributed by atoms with Crippen molar-refractivity contribution in [3.63, 3.8) is 0 Å². The molecule has 0 amide bonds. The van der Waals surface area contributed by atoms with E-state index in [1.807, 2.05) is 30.3 Å². The van der Waals surface area contributed by atoms with Gasteiger partial charge in [0.1, 0.15) is 11.6 Å². The van der Waals surface area contributed by atoms with E-state index in [9.17, 15) is 0 Å². The number of imidazole rings is 1. The number of pyridine rings is 1. The van der Waals surface area contributed by atoms with Gasteiger partial charge in [-0.05, 0) is 30.3 Å². The second kappa shape index (κ2) is 4.42. The van der Waals surface area contributed by atoms with Gasteiger partial charge in [-0.3, -0.25) is 0 Å². The molecule has 18 heavy (non-hydrogen) atoms. The van der Waals surface area contributed by atoms with E-state index >= 15 is 0 Å². The molecule has 90 valence electrons. The third-order valence-corrected chi connectivity index (χ3v) is 3.38. The Hall–Kier alpha value is -1.88. The summed E-state index contributed by atoms with van der Waals surface area (Å²) in [6.45, 7) is 0. The molecule has 3 rings (SSSR count). The number of ether oxygens (including phenoxy) is 1. The normalized spacial score (nSPS) is 10.8. The van der Waals surface area contributed by atoms with Crippen LogP contribution in [0.2, 0.25) is 0 Å². The molecule has 1 N–H and O–H groups in total. The van der Waals surface area contributed by atoms with E-state index in [1.54, 1.807) is 13.3 Å². The van der Waals surface area contributed by atoms with E-state index in [4.69, 9.17) is 4.74 Å². The number of hydrogen-bond donors (Lipinski definition) is 1. The van der Waals surface area contributed by atoms with Crippen LogP contribution in [0.1, 0.15) is 0 Å². The van der Waals surface area contributed by atoms with Gasteiger partial charge in [0.25, 0.3) is 0 Å². The van der Waals surface area contributed by atoms with Crippen LogP contribution < -0.4 is 4.74 Å². The molecule has 4 nitrogen and oxygen atoms in total. The summed E-state index contributed by atoms with van der Waals surface area (Å²) in [6.07, 6.45) is 1.73. The number of nitrogens with zero attached hydrogens (tertiary/aromatic N) is 2. The molecule has 0 unspecified atom stereocenters. The van der Waals surface area contributed by atoms with Gasteiger partial charge >= 0.3 is 0 Å². The van der Waals surface area contributed by atoms with Crippen molar-refractivity contribution in [2.24, 2.45) is 0 Å². The SMILES string of the molecule is COc1ccc(Br)c(-c2nc3ncccc3[nH]2)c1. The minimum Gasteiger partial charge on any atom is -0.497 e. The van der Waals surface area contributed by atoms with Crippen molar-refractivity contribution in [3.8, 4) is 17.1 Å². The lowest BCUT2D eigenvalue weighted by molar-refractivity contribution is 0.415. The number of benzene rings is 1. The average molecular weight is 304 g/mol. The van der Waals surface area contributed by atoms with E-state index in [2.05, 4.69) is 30.9 Å². The van der Waals surface area contributed by atoms with E-state index in [1.165, 1.54) is 0 Å². The molecule has 0 radical (unpaired) electrons. The molecule has 2 aromatic heterocycles. The fourth-order valence-corrected chi connectivity index (χ4v) is 2.22. The molecule has 0 aliphatic rings. The molecule has 0 bridgehead atoms. The molecule has 0 saturated carbocycles. The lowest BCUT2D eigenvalue weighted by atomic mass is 10.2. The monoisotopic (exact) mass is 303 g/mol. The Bertz CT molecular complexity index is 675. The molecule has 2 heterocycles. The van der Waals surface area contributed by atoms with Gasteiger partial charge in [0.05, 0.1) is 12.6 Å². The Kier molecular flexibility index (Phi) is 2.76. The molecule has 0 atom stereocenters. The van der Waals surface area contributed by atoms with Crippen LogP contribution in [0.3, 0.4) is 0 Å². The number of H-pyrrole nitrogens is 1. The molecular formula is C13H10BrN3O. The Morgan fingerprint density at radius 2 is 2.17 bits per heavy atom. The highest BCUT2D eigenvalue weighted by atomic mass is 79.9. The first-order valence-electron chi connectivity index (χ1n) is 5.42. The van der Waals surface area contributed by atoms with Gasteiger partial charge in [-0.25, -0.2) is 9.97 Å². The number of aromatic nitrogens is 3. The van der Waals surface area contributed by atoms with Crippen molar-refractivity contribution in [2.45, 2.75) is 0 Å². The number of fused-ring (bicyclic) bond motifs is 1. The summed E-state index contributed by atoms with van der Waals surface area (Å²) in [5.74, 6) is 1.57. The van der Waals surface area contributed by atoms with Crippen LogP contribution in [-0.2, 0) is 0 Å². The second-order valence-electron chi connectivity index (χ2n) is 3.81. The molecule has 1 aromatic carbocycles. The zero-order chi connectivity index (χ0) is 12.5. The van der Waals surface area contributed by atoms with Crippen molar-refractivity contribution >= 4 is 27.1 Å². The largest absolute Gasteiger partial charge is 0.497 e. The molecule has 0 saturated heterocycles. The fourth-order valence-electron chi connectivity index (χ4n) is 1.79. The van der Waals surface area contributed by atoms with E-state index < -0.39 is 0 Å². The van der Waals surface area contributed by atoms with Gasteiger partial charge in [0.15, 0.2) is 5.65 Å². The predicted molar refractivity (Wildman–Crippen MR) is 73.6 cm³/mol. The van der Waals surface area contributed by atoms with Crippen LogP contribution in [0.25, 0.3) is 22.6 Å². The van der Waals surface area contributed by atoms with Crippen LogP contribution in [0.5, 0.6) is 5.75 Å². The second-order valence-corrected chi connectivity index (χ2v) is 4.66. The minimum absolute atomic E-state index is 0.710. The van der Waals surface area contributed by atoms with Crippen LogP contribution in [0.15, 0.2) is 41.0 Å². The summed E-state index contributed by atoms with van der Waals surface area (Å²) in [4.78, 5) is 11.9. The quantitative estimate of drug-likeness (QED) is 0.789. The number of methoxy groups -OCH3 is 1. The zero-order valence-electron chi connectivity index (χ0n) is 9.64. The first-order valence-corrected chi connectivity index (χ1v) is 6.22. The van der Waals surface area contributed by atoms with E-state index in [0.29, 0.717) is 5.65 Å². The first kappa shape index (κ1) is 11.2. The van der Waals surface area contributed by atoms with Gasteiger partial charge in [-0.15, -0.1) is 0 Å². The third kappa shape index (κ3) is 1.86. The van der Waals surface area contributed by atoms with Crippen molar-refractivity contribution < 1.29 is 4.74 Å². The maximum absolute atomic E-state index is 5.23. The van der Waals surface area contributed by atoms with E-state index in [-0.39, 0.29) is 0 Å². The van der Waals surface area contributed by atoms with Crippen LogP contribution in [-0.4, -0.2) is 22.1 Å². The number of rotatable bonds is 2. The number of halogens is 1. The highest BCUT2D eigenvalue weighted by Crippen LogP contribution is 2.30. The number of hydrogen-bond acceptors (Lipinski definition) is 3. The van der Waals surface area contributed by atoms with Crippen LogP contribution in [0, 0.1) is 0 Å². The van der Waals surface area contributed by atoms with Gasteiger partial charge in [-0.1, -0.05) is 15.9 Å². The molecule has 5 heteroatoms. The number of nitrogens with one attached hydrogen (secondary N) is 1. The lowest BCUT2D eigenvalue weighted by Gasteiger charge is -2.04. The lowest BCUT2D eigenvalue weighted by Crippen LogP contribution is -1.86. The van der Waals surface area contributed by atoms with E-state index in [0.717, 1.165) is 27.1 Å². The Morgan fingerprint density at radius 1 is 1.28 bits per heavy atom. The summed E-state index contributed by atoms with van der Waals surface area (Å²) in [7, 11) is 1.65. The smallest absolute Gasteiger partial charge is 0.178 e. The maximum Gasteiger partial charge on any atom is 0.178 e. The fraction of sp³-hybridized carbons (Fsp3) is 0.0769. The molecule has 0 aliphatic carbocycles. The highest BCUT2D eigenvalue weighted by Gasteiger charge is 2.10. The van der Waals surface area contributed by atoms with Crippen molar-refractivity contribution in [3.05, 3.63) is 41.0 Å². The zero-order valence-corrected chi connectivity index (χ0v) is 11.2. The maximum atomic E-state index is 5.23. The third-order valence-electron chi connectivity index (χ3n) is 2.69. The molecule has 0 aliphatic heterocycles. The summed E-state index contributed by atoms with van der Waals surface area (Å²) < 4.78 is 6.19. The Labute approximate surface area is 112 Å². The Morgan fingerprint density at radius 3 is 2.94 bits per heavy atom. The molecule has 3 aromatic rings. The summed E-state index contributed by atoms with van der Waals surface area (Å²) in [5, 5.41) is 0.